The number of aromatic hydroxyl groups is 1. The summed E-state index contributed by atoms with van der Waals surface area (Å²) in [6, 6.07) is 5.28. The Hall–Kier alpha value is -1.56. The number of hydrogen-bond donors (Lipinski definition) is 3. The molecule has 0 aliphatic carbocycles. The van der Waals surface area contributed by atoms with Crippen LogP contribution >= 0.6 is 0 Å². The third-order valence-electron chi connectivity index (χ3n) is 4.37. The number of hydrogen-bond acceptors (Lipinski definition) is 4. The van der Waals surface area contributed by atoms with Crippen LogP contribution < -0.4 is 4.90 Å². The first-order valence-electron chi connectivity index (χ1n) is 7.15. The van der Waals surface area contributed by atoms with Gasteiger partial charge in [-0.15, -0.1) is 0 Å². The highest BCUT2D eigenvalue weighted by molar-refractivity contribution is 5.74. The molecule has 1 aromatic carbocycles. The van der Waals surface area contributed by atoms with Crippen molar-refractivity contribution in [3.05, 3.63) is 29.3 Å². The predicted molar refractivity (Wildman–Crippen MR) is 78.2 cm³/mol. The van der Waals surface area contributed by atoms with Gasteiger partial charge in [0.1, 0.15) is 17.2 Å². The topological polar surface area (TPSA) is 63.4 Å². The molecule has 0 bridgehead atoms. The fourth-order valence-corrected chi connectivity index (χ4v) is 3.21. The van der Waals surface area contributed by atoms with Gasteiger partial charge in [0.15, 0.2) is 0 Å². The highest BCUT2D eigenvalue weighted by Crippen LogP contribution is 2.40. The molecule has 0 amide bonds. The van der Waals surface area contributed by atoms with E-state index in [0.29, 0.717) is 6.42 Å². The molecule has 0 spiro atoms. The molecule has 3 N–H and O–H groups in total. The summed E-state index contributed by atoms with van der Waals surface area (Å²) in [5, 5.41) is 20.0. The number of ether oxygens (including phenoxy) is 2. The van der Waals surface area contributed by atoms with Crippen LogP contribution in [0.25, 0.3) is 5.76 Å². The minimum absolute atomic E-state index is 0.159. The number of fused-ring (bicyclic) bond motifs is 2. The molecule has 1 aromatic rings. The lowest BCUT2D eigenvalue weighted by atomic mass is 9.93. The molecule has 2 heterocycles. The van der Waals surface area contributed by atoms with Crippen molar-refractivity contribution in [1.82, 2.24) is 0 Å². The number of nitrogens with one attached hydrogen (secondary N) is 1. The largest absolute Gasteiger partial charge is 0.508 e. The Balaban J connectivity index is 2.11. The Labute approximate surface area is 124 Å². The maximum atomic E-state index is 10.2. The average Bonchev–Trinajstić information content (AvgIpc) is 2.84. The van der Waals surface area contributed by atoms with Gasteiger partial charge in [-0.1, -0.05) is 0 Å². The van der Waals surface area contributed by atoms with Crippen LogP contribution in [0.15, 0.2) is 23.8 Å². The van der Waals surface area contributed by atoms with Gasteiger partial charge in [0.05, 0.1) is 37.0 Å². The van der Waals surface area contributed by atoms with Crippen molar-refractivity contribution in [3.8, 4) is 5.75 Å². The quantitative estimate of drug-likeness (QED) is 0.706. The first-order valence-corrected chi connectivity index (χ1v) is 7.15. The van der Waals surface area contributed by atoms with E-state index >= 15 is 0 Å². The molecule has 2 aliphatic rings. The number of phenols is 1. The second kappa shape index (κ2) is 4.73. The minimum atomic E-state index is -0.905. The van der Waals surface area contributed by atoms with Crippen molar-refractivity contribution >= 4 is 11.4 Å². The van der Waals surface area contributed by atoms with Gasteiger partial charge in [-0.25, -0.2) is 0 Å². The van der Waals surface area contributed by atoms with Crippen molar-refractivity contribution in [2.75, 3.05) is 14.2 Å². The van der Waals surface area contributed by atoms with Gasteiger partial charge in [0.25, 0.3) is 0 Å². The van der Waals surface area contributed by atoms with Gasteiger partial charge in [0.2, 0.25) is 6.23 Å². The lowest BCUT2D eigenvalue weighted by Gasteiger charge is -2.30. The summed E-state index contributed by atoms with van der Waals surface area (Å²) >= 11 is 0. The number of aliphatic hydroxyl groups is 1. The van der Waals surface area contributed by atoms with E-state index in [-0.39, 0.29) is 18.1 Å². The highest BCUT2D eigenvalue weighted by atomic mass is 16.5. The summed E-state index contributed by atoms with van der Waals surface area (Å²) in [7, 11) is 3.66. The average molecular weight is 292 g/mol. The monoisotopic (exact) mass is 292 g/mol. The summed E-state index contributed by atoms with van der Waals surface area (Å²) in [6.45, 7) is 3.52. The van der Waals surface area contributed by atoms with Crippen LogP contribution in [0.2, 0.25) is 0 Å². The zero-order valence-corrected chi connectivity index (χ0v) is 12.8. The summed E-state index contributed by atoms with van der Waals surface area (Å²) in [5.74, 6) is 0.969. The molecule has 3 unspecified atom stereocenters. The summed E-state index contributed by atoms with van der Waals surface area (Å²) in [5.41, 5.74) is 2.05. The Morgan fingerprint density at radius 1 is 1.38 bits per heavy atom. The lowest BCUT2D eigenvalue weighted by molar-refractivity contribution is -0.860. The Kier molecular flexibility index (Phi) is 3.24. The van der Waals surface area contributed by atoms with Crippen molar-refractivity contribution < 1.29 is 24.6 Å². The molecule has 21 heavy (non-hydrogen) atoms. The van der Waals surface area contributed by atoms with Gasteiger partial charge in [-0.05, 0) is 26.0 Å². The molecule has 2 aliphatic heterocycles. The molecule has 1 fully saturated rings. The van der Waals surface area contributed by atoms with Crippen LogP contribution in [0.5, 0.6) is 5.75 Å². The second-order valence-corrected chi connectivity index (χ2v) is 6.33. The molecule has 0 saturated carbocycles. The van der Waals surface area contributed by atoms with E-state index in [4.69, 9.17) is 9.47 Å². The Bertz CT molecular complexity index is 603. The molecular formula is C16H22NO4+. The third kappa shape index (κ3) is 2.21. The molecule has 5 heteroatoms. The number of benzene rings is 1. The van der Waals surface area contributed by atoms with Crippen LogP contribution in [0.3, 0.4) is 0 Å². The molecule has 114 valence electrons. The van der Waals surface area contributed by atoms with Crippen molar-refractivity contribution in [1.29, 1.82) is 0 Å². The first kappa shape index (κ1) is 14.4. The molecule has 1 saturated heterocycles. The number of methoxy groups -OCH3 is 1. The van der Waals surface area contributed by atoms with Crippen molar-refractivity contribution in [2.45, 2.75) is 38.2 Å². The van der Waals surface area contributed by atoms with Gasteiger partial charge in [-0.2, -0.15) is 0 Å². The molecule has 0 aromatic heterocycles. The first-order chi connectivity index (χ1) is 9.82. The summed E-state index contributed by atoms with van der Waals surface area (Å²) in [6.07, 6.45) is 0.206. The fraction of sp³-hybridized carbons (Fsp3) is 0.500. The minimum Gasteiger partial charge on any atom is -0.508 e. The van der Waals surface area contributed by atoms with Gasteiger partial charge in [-0.3, -0.25) is 4.90 Å². The van der Waals surface area contributed by atoms with Crippen LogP contribution in [-0.2, 0) is 9.47 Å². The molecule has 3 rings (SSSR count). The van der Waals surface area contributed by atoms with E-state index in [1.807, 2.05) is 13.1 Å². The van der Waals surface area contributed by atoms with E-state index in [0.717, 1.165) is 27.5 Å². The molecule has 0 radical (unpaired) electrons. The maximum Gasteiger partial charge on any atom is 0.223 e. The van der Waals surface area contributed by atoms with E-state index in [1.54, 1.807) is 33.1 Å². The van der Waals surface area contributed by atoms with E-state index in [9.17, 15) is 10.2 Å². The van der Waals surface area contributed by atoms with Crippen LogP contribution in [0, 0.1) is 0 Å². The van der Waals surface area contributed by atoms with Gasteiger partial charge < -0.3 is 19.7 Å². The zero-order chi connectivity index (χ0) is 15.4. The van der Waals surface area contributed by atoms with Gasteiger partial charge in [0, 0.05) is 12.5 Å². The lowest BCUT2D eigenvalue weighted by Crippen LogP contribution is -3.09. The van der Waals surface area contributed by atoms with E-state index < -0.39 is 5.60 Å². The zero-order valence-electron chi connectivity index (χ0n) is 12.8. The number of likely N-dealkylation sites (N-methyl/N-ethyl adjacent to an activating group) is 1. The van der Waals surface area contributed by atoms with Gasteiger partial charge >= 0.3 is 0 Å². The smallest absolute Gasteiger partial charge is 0.223 e. The van der Waals surface area contributed by atoms with Crippen LogP contribution in [-0.4, -0.2) is 42.3 Å². The van der Waals surface area contributed by atoms with Crippen LogP contribution in [0.4, 0.5) is 5.69 Å². The molecule has 5 nitrogen and oxygen atoms in total. The molecule has 3 atom stereocenters. The van der Waals surface area contributed by atoms with E-state index in [1.165, 1.54) is 0 Å². The summed E-state index contributed by atoms with van der Waals surface area (Å²) in [4.78, 5) is 1.09. The molecular weight excluding hydrogens is 270 g/mol. The Morgan fingerprint density at radius 3 is 2.71 bits per heavy atom. The van der Waals surface area contributed by atoms with Crippen LogP contribution in [0.1, 0.15) is 25.8 Å². The van der Waals surface area contributed by atoms with E-state index in [2.05, 4.69) is 0 Å². The summed E-state index contributed by atoms with van der Waals surface area (Å²) < 4.78 is 11.7. The Morgan fingerprint density at radius 2 is 2.10 bits per heavy atom. The number of quaternary nitrogens is 1. The SMILES string of the molecule is COC1=C2CC(C(C)(C)O)OC2[NH+](C)c2ccc(O)cc21. The fourth-order valence-electron chi connectivity index (χ4n) is 3.21. The second-order valence-electron chi connectivity index (χ2n) is 6.33. The number of rotatable bonds is 2. The third-order valence-corrected chi connectivity index (χ3v) is 4.37. The predicted octanol–water partition coefficient (Wildman–Crippen LogP) is 0.795. The number of phenolic OH excluding ortho intramolecular Hbond substituents is 1. The standard InChI is InChI=1S/C16H21NO4/c1-16(2,19)13-8-11-14(20-4)10-7-9(18)5-6-12(10)17(3)15(11)21-13/h5-7,13,15,18-19H,8H2,1-4H3/p+1. The highest BCUT2D eigenvalue weighted by Gasteiger charge is 2.48. The van der Waals surface area contributed by atoms with Crippen molar-refractivity contribution in [2.24, 2.45) is 0 Å². The van der Waals surface area contributed by atoms with Crippen molar-refractivity contribution in [3.63, 3.8) is 0 Å². The maximum absolute atomic E-state index is 10.2. The normalized spacial score (nSPS) is 28.3.